The Morgan fingerprint density at radius 1 is 0.706 bits per heavy atom. The highest BCUT2D eigenvalue weighted by atomic mass is 32.1. The lowest BCUT2D eigenvalue weighted by Gasteiger charge is -2.09. The molecule has 0 saturated carbocycles. The van der Waals surface area contributed by atoms with Crippen LogP contribution in [0.25, 0.3) is 20.8 Å². The maximum Gasteiger partial charge on any atom is 0.255 e. The molecule has 0 bridgehead atoms. The molecular weight excluding hydrogens is 442 g/mol. The third-order valence-electron chi connectivity index (χ3n) is 5.35. The number of nitrogens with zero attached hydrogens (tertiary/aromatic N) is 1. The summed E-state index contributed by atoms with van der Waals surface area (Å²) in [5.41, 5.74) is 5.46. The van der Waals surface area contributed by atoms with Gasteiger partial charge in [-0.1, -0.05) is 30.3 Å². The number of hydrogen-bond acceptors (Lipinski definition) is 4. The van der Waals surface area contributed by atoms with Crippen LogP contribution >= 0.6 is 11.3 Å². The Morgan fingerprint density at radius 2 is 1.41 bits per heavy atom. The van der Waals surface area contributed by atoms with E-state index >= 15 is 0 Å². The monoisotopic (exact) mass is 463 g/mol. The molecule has 0 aliphatic heterocycles. The SMILES string of the molecule is Cc1ccc2nc(-c3ccc(NC(=O)c4cccc(NC(=O)c5ccccc5)c4)cc3)sc2c1. The molecule has 5 rings (SSSR count). The molecule has 0 atom stereocenters. The molecule has 0 fully saturated rings. The highest BCUT2D eigenvalue weighted by Gasteiger charge is 2.11. The quantitative estimate of drug-likeness (QED) is 0.302. The number of carbonyl (C=O) groups is 2. The maximum absolute atomic E-state index is 12.8. The lowest BCUT2D eigenvalue weighted by molar-refractivity contribution is 0.101. The van der Waals surface area contributed by atoms with Crippen LogP contribution in [0.4, 0.5) is 11.4 Å². The van der Waals surface area contributed by atoms with Gasteiger partial charge in [-0.2, -0.15) is 0 Å². The number of aryl methyl sites for hydroxylation is 1. The van der Waals surface area contributed by atoms with Gasteiger partial charge in [0.05, 0.1) is 10.2 Å². The Bertz CT molecular complexity index is 1490. The second-order valence-electron chi connectivity index (χ2n) is 7.92. The number of anilines is 2. The van der Waals surface area contributed by atoms with Gasteiger partial charge in [0.1, 0.15) is 5.01 Å². The van der Waals surface area contributed by atoms with Gasteiger partial charge in [0.2, 0.25) is 0 Å². The predicted octanol–water partition coefficient (Wildman–Crippen LogP) is 6.78. The normalized spacial score (nSPS) is 10.7. The van der Waals surface area contributed by atoms with Crippen LogP contribution in [0.1, 0.15) is 26.3 Å². The third-order valence-corrected chi connectivity index (χ3v) is 6.42. The number of rotatable bonds is 5. The van der Waals surface area contributed by atoms with E-state index < -0.39 is 0 Å². The summed E-state index contributed by atoms with van der Waals surface area (Å²) in [6, 6.07) is 29.7. The fourth-order valence-corrected chi connectivity index (χ4v) is 4.65. The van der Waals surface area contributed by atoms with Crippen molar-refractivity contribution >= 4 is 44.7 Å². The van der Waals surface area contributed by atoms with Crippen molar-refractivity contribution in [1.29, 1.82) is 0 Å². The van der Waals surface area contributed by atoms with E-state index in [1.807, 2.05) is 48.5 Å². The second-order valence-corrected chi connectivity index (χ2v) is 8.95. The summed E-state index contributed by atoms with van der Waals surface area (Å²) in [6.45, 7) is 2.07. The van der Waals surface area contributed by atoms with E-state index in [9.17, 15) is 9.59 Å². The summed E-state index contributed by atoms with van der Waals surface area (Å²) in [6.07, 6.45) is 0. The van der Waals surface area contributed by atoms with Gasteiger partial charge in [0.25, 0.3) is 11.8 Å². The van der Waals surface area contributed by atoms with E-state index in [0.29, 0.717) is 22.5 Å². The van der Waals surface area contributed by atoms with Crippen molar-refractivity contribution in [3.63, 3.8) is 0 Å². The van der Waals surface area contributed by atoms with Crippen molar-refractivity contribution in [3.8, 4) is 10.6 Å². The molecule has 5 nitrogen and oxygen atoms in total. The molecular formula is C28H21N3O2S. The summed E-state index contributed by atoms with van der Waals surface area (Å²) in [5.74, 6) is -0.474. The molecule has 0 spiro atoms. The van der Waals surface area contributed by atoms with Crippen molar-refractivity contribution < 1.29 is 9.59 Å². The summed E-state index contributed by atoms with van der Waals surface area (Å²) >= 11 is 1.65. The summed E-state index contributed by atoms with van der Waals surface area (Å²) in [5, 5.41) is 6.69. The van der Waals surface area contributed by atoms with Gasteiger partial charge in [0.15, 0.2) is 0 Å². The maximum atomic E-state index is 12.8. The minimum Gasteiger partial charge on any atom is -0.322 e. The molecule has 0 saturated heterocycles. The topological polar surface area (TPSA) is 71.1 Å². The number of nitrogens with one attached hydrogen (secondary N) is 2. The molecule has 0 aliphatic carbocycles. The Hall–Kier alpha value is -4.29. The van der Waals surface area contributed by atoms with E-state index in [1.165, 1.54) is 5.56 Å². The minimum absolute atomic E-state index is 0.223. The first-order valence-corrected chi connectivity index (χ1v) is 11.6. The first-order valence-electron chi connectivity index (χ1n) is 10.8. The van der Waals surface area contributed by atoms with E-state index in [0.717, 1.165) is 20.8 Å². The average Bonchev–Trinajstić information content (AvgIpc) is 3.28. The molecule has 0 radical (unpaired) electrons. The van der Waals surface area contributed by atoms with Crippen molar-refractivity contribution in [3.05, 3.63) is 114 Å². The highest BCUT2D eigenvalue weighted by Crippen LogP contribution is 2.31. The number of aromatic nitrogens is 1. The summed E-state index contributed by atoms with van der Waals surface area (Å²) in [7, 11) is 0. The molecule has 0 aliphatic rings. The number of benzene rings is 4. The number of amides is 2. The van der Waals surface area contributed by atoms with Crippen LogP contribution in [-0.4, -0.2) is 16.8 Å². The lowest BCUT2D eigenvalue weighted by Crippen LogP contribution is -2.14. The molecule has 1 heterocycles. The first-order chi connectivity index (χ1) is 16.5. The summed E-state index contributed by atoms with van der Waals surface area (Å²) in [4.78, 5) is 29.9. The number of fused-ring (bicyclic) bond motifs is 1. The van der Waals surface area contributed by atoms with Crippen LogP contribution < -0.4 is 10.6 Å². The first kappa shape index (κ1) is 21.6. The Kier molecular flexibility index (Phi) is 5.89. The molecule has 1 aromatic heterocycles. The predicted molar refractivity (Wildman–Crippen MR) is 139 cm³/mol. The van der Waals surface area contributed by atoms with Gasteiger partial charge in [-0.05, 0) is 79.2 Å². The second kappa shape index (κ2) is 9.29. The van der Waals surface area contributed by atoms with Crippen molar-refractivity contribution in [2.45, 2.75) is 6.92 Å². The van der Waals surface area contributed by atoms with Crippen molar-refractivity contribution in [2.24, 2.45) is 0 Å². The van der Waals surface area contributed by atoms with Gasteiger partial charge in [-0.15, -0.1) is 11.3 Å². The highest BCUT2D eigenvalue weighted by molar-refractivity contribution is 7.21. The van der Waals surface area contributed by atoms with E-state index in [2.05, 4.69) is 29.7 Å². The van der Waals surface area contributed by atoms with Crippen LogP contribution in [0.15, 0.2) is 97.1 Å². The molecule has 2 N–H and O–H groups in total. The molecule has 6 heteroatoms. The standard InChI is InChI=1S/C28H21N3O2S/c1-18-10-15-24-25(16-18)34-28(31-24)20-11-13-22(14-12-20)29-27(33)21-8-5-9-23(17-21)30-26(32)19-6-3-2-4-7-19/h2-17H,1H3,(H,29,33)(H,30,32). The van der Waals surface area contributed by atoms with Gasteiger partial charge < -0.3 is 10.6 Å². The van der Waals surface area contributed by atoms with Gasteiger partial charge in [-0.25, -0.2) is 4.98 Å². The van der Waals surface area contributed by atoms with Crippen molar-refractivity contribution in [1.82, 2.24) is 4.98 Å². The number of thiazole rings is 1. The van der Waals surface area contributed by atoms with Gasteiger partial charge in [0, 0.05) is 28.1 Å². The average molecular weight is 464 g/mol. The largest absolute Gasteiger partial charge is 0.322 e. The number of carbonyl (C=O) groups excluding carboxylic acids is 2. The van der Waals surface area contributed by atoms with Crippen LogP contribution in [0.3, 0.4) is 0 Å². The Balaban J connectivity index is 1.27. The molecule has 2 amide bonds. The number of hydrogen-bond donors (Lipinski definition) is 2. The zero-order valence-electron chi connectivity index (χ0n) is 18.4. The zero-order chi connectivity index (χ0) is 23.5. The van der Waals surface area contributed by atoms with Crippen LogP contribution in [0.2, 0.25) is 0 Å². The lowest BCUT2D eigenvalue weighted by atomic mass is 10.1. The van der Waals surface area contributed by atoms with E-state index in [4.69, 9.17) is 4.98 Å². The molecule has 5 aromatic rings. The van der Waals surface area contributed by atoms with Gasteiger partial charge in [-0.3, -0.25) is 9.59 Å². The minimum atomic E-state index is -0.251. The smallest absolute Gasteiger partial charge is 0.255 e. The fourth-order valence-electron chi connectivity index (χ4n) is 3.59. The van der Waals surface area contributed by atoms with Crippen LogP contribution in [0.5, 0.6) is 0 Å². The third kappa shape index (κ3) is 4.72. The van der Waals surface area contributed by atoms with Crippen LogP contribution in [0, 0.1) is 6.92 Å². The zero-order valence-corrected chi connectivity index (χ0v) is 19.2. The Morgan fingerprint density at radius 3 is 2.21 bits per heavy atom. The molecule has 4 aromatic carbocycles. The van der Waals surface area contributed by atoms with Gasteiger partial charge >= 0.3 is 0 Å². The molecule has 0 unspecified atom stereocenters. The summed E-state index contributed by atoms with van der Waals surface area (Å²) < 4.78 is 1.16. The molecule has 166 valence electrons. The van der Waals surface area contributed by atoms with Crippen LogP contribution in [-0.2, 0) is 0 Å². The Labute approximate surface area is 201 Å². The van der Waals surface area contributed by atoms with Crippen molar-refractivity contribution in [2.75, 3.05) is 10.6 Å². The fraction of sp³-hybridized carbons (Fsp3) is 0.0357. The molecule has 34 heavy (non-hydrogen) atoms. The van der Waals surface area contributed by atoms with E-state index in [-0.39, 0.29) is 11.8 Å². The van der Waals surface area contributed by atoms with E-state index in [1.54, 1.807) is 47.7 Å².